The van der Waals surface area contributed by atoms with Crippen molar-refractivity contribution in [2.24, 2.45) is 0 Å². The third-order valence-electron chi connectivity index (χ3n) is 3.30. The lowest BCUT2D eigenvalue weighted by Gasteiger charge is -2.03. The maximum absolute atomic E-state index is 12.1. The zero-order valence-corrected chi connectivity index (χ0v) is 13.9. The first-order chi connectivity index (χ1) is 11.2. The van der Waals surface area contributed by atoms with Crippen LogP contribution in [-0.2, 0) is 13.1 Å². The van der Waals surface area contributed by atoms with Crippen molar-refractivity contribution in [3.63, 3.8) is 0 Å². The van der Waals surface area contributed by atoms with E-state index in [2.05, 4.69) is 31.6 Å². The van der Waals surface area contributed by atoms with Gasteiger partial charge in [-0.15, -0.1) is 5.10 Å². The van der Waals surface area contributed by atoms with E-state index in [9.17, 15) is 4.79 Å². The van der Waals surface area contributed by atoms with Crippen LogP contribution in [-0.4, -0.2) is 20.9 Å². The fourth-order valence-electron chi connectivity index (χ4n) is 2.17. The third-order valence-corrected chi connectivity index (χ3v) is 3.79. The van der Waals surface area contributed by atoms with Crippen molar-refractivity contribution in [1.82, 2.24) is 20.3 Å². The van der Waals surface area contributed by atoms with E-state index in [1.807, 2.05) is 54.6 Å². The maximum atomic E-state index is 12.1. The van der Waals surface area contributed by atoms with Gasteiger partial charge >= 0.3 is 0 Å². The molecule has 116 valence electrons. The van der Waals surface area contributed by atoms with Crippen LogP contribution in [0, 0.1) is 0 Å². The van der Waals surface area contributed by atoms with E-state index in [0.29, 0.717) is 18.8 Å². The molecular weight excluding hydrogens is 356 g/mol. The summed E-state index contributed by atoms with van der Waals surface area (Å²) in [7, 11) is 0. The maximum Gasteiger partial charge on any atom is 0.273 e. The molecule has 0 atom stereocenters. The number of aromatic nitrogens is 3. The molecule has 2 aromatic carbocycles. The molecule has 1 amide bonds. The normalized spacial score (nSPS) is 10.5. The van der Waals surface area contributed by atoms with Gasteiger partial charge in [0.15, 0.2) is 5.69 Å². The summed E-state index contributed by atoms with van der Waals surface area (Å²) in [6.45, 7) is 1.04. The highest BCUT2D eigenvalue weighted by Gasteiger charge is 2.10. The minimum atomic E-state index is -0.232. The fourth-order valence-corrected chi connectivity index (χ4v) is 2.62. The van der Waals surface area contributed by atoms with Crippen LogP contribution in [0.2, 0.25) is 0 Å². The first kappa shape index (κ1) is 15.4. The minimum Gasteiger partial charge on any atom is -0.347 e. The molecule has 0 fully saturated rings. The number of amides is 1. The Labute approximate surface area is 142 Å². The highest BCUT2D eigenvalue weighted by Crippen LogP contribution is 2.11. The average molecular weight is 371 g/mol. The lowest BCUT2D eigenvalue weighted by Crippen LogP contribution is -2.23. The zero-order valence-electron chi connectivity index (χ0n) is 12.3. The van der Waals surface area contributed by atoms with Crippen LogP contribution in [0.3, 0.4) is 0 Å². The van der Waals surface area contributed by atoms with Gasteiger partial charge in [0.2, 0.25) is 0 Å². The number of benzene rings is 2. The number of carbonyl (C=O) groups excluding carboxylic acids is 1. The van der Waals surface area contributed by atoms with E-state index in [0.717, 1.165) is 15.6 Å². The molecule has 0 aliphatic heterocycles. The first-order valence-corrected chi connectivity index (χ1v) is 7.97. The molecule has 0 saturated carbocycles. The van der Waals surface area contributed by atoms with Gasteiger partial charge in [-0.1, -0.05) is 63.6 Å². The van der Waals surface area contributed by atoms with Crippen molar-refractivity contribution in [2.45, 2.75) is 13.1 Å². The summed E-state index contributed by atoms with van der Waals surface area (Å²) in [6.07, 6.45) is 1.66. The molecule has 0 bridgehead atoms. The van der Waals surface area contributed by atoms with Gasteiger partial charge in [-0.05, 0) is 23.3 Å². The smallest absolute Gasteiger partial charge is 0.273 e. The first-order valence-electron chi connectivity index (χ1n) is 7.17. The fraction of sp³-hybridized carbons (Fsp3) is 0.118. The lowest BCUT2D eigenvalue weighted by molar-refractivity contribution is 0.0946. The van der Waals surface area contributed by atoms with Crippen LogP contribution in [0.25, 0.3) is 0 Å². The van der Waals surface area contributed by atoms with Crippen molar-refractivity contribution in [2.75, 3.05) is 0 Å². The van der Waals surface area contributed by atoms with Crippen LogP contribution in [0.4, 0.5) is 0 Å². The van der Waals surface area contributed by atoms with Gasteiger partial charge in [-0.2, -0.15) is 0 Å². The average Bonchev–Trinajstić information content (AvgIpc) is 3.02. The van der Waals surface area contributed by atoms with Crippen LogP contribution < -0.4 is 5.32 Å². The van der Waals surface area contributed by atoms with Crippen LogP contribution in [0.5, 0.6) is 0 Å². The van der Waals surface area contributed by atoms with Crippen molar-refractivity contribution < 1.29 is 4.79 Å². The number of carbonyl (C=O) groups is 1. The molecule has 0 saturated heterocycles. The van der Waals surface area contributed by atoms with Crippen molar-refractivity contribution in [3.05, 3.63) is 82.1 Å². The summed E-state index contributed by atoms with van der Waals surface area (Å²) in [4.78, 5) is 12.1. The van der Waals surface area contributed by atoms with E-state index < -0.39 is 0 Å². The minimum absolute atomic E-state index is 0.232. The van der Waals surface area contributed by atoms with Gasteiger partial charge in [0.05, 0.1) is 12.7 Å². The monoisotopic (exact) mass is 370 g/mol. The number of nitrogens with zero attached hydrogens (tertiary/aromatic N) is 3. The van der Waals surface area contributed by atoms with Crippen LogP contribution in [0.1, 0.15) is 21.6 Å². The van der Waals surface area contributed by atoms with Gasteiger partial charge in [0.1, 0.15) is 0 Å². The van der Waals surface area contributed by atoms with Crippen molar-refractivity contribution in [3.8, 4) is 0 Å². The second-order valence-corrected chi connectivity index (χ2v) is 6.02. The molecule has 0 aliphatic rings. The van der Waals surface area contributed by atoms with Crippen LogP contribution >= 0.6 is 15.9 Å². The molecule has 1 N–H and O–H groups in total. The highest BCUT2D eigenvalue weighted by molar-refractivity contribution is 9.10. The Morgan fingerprint density at radius 3 is 2.65 bits per heavy atom. The van der Waals surface area contributed by atoms with Gasteiger partial charge in [-0.3, -0.25) is 4.79 Å². The van der Waals surface area contributed by atoms with Gasteiger partial charge in [-0.25, -0.2) is 4.68 Å². The molecule has 1 heterocycles. The van der Waals surface area contributed by atoms with E-state index in [4.69, 9.17) is 0 Å². The molecule has 6 heteroatoms. The Hall–Kier alpha value is -2.47. The Kier molecular flexibility index (Phi) is 4.83. The number of nitrogens with one attached hydrogen (secondary N) is 1. The Morgan fingerprint density at radius 1 is 1.09 bits per heavy atom. The van der Waals surface area contributed by atoms with Gasteiger partial charge in [0.25, 0.3) is 5.91 Å². The molecular formula is C17H15BrN4O. The summed E-state index contributed by atoms with van der Waals surface area (Å²) in [5, 5.41) is 10.8. The summed E-state index contributed by atoms with van der Waals surface area (Å²) < 4.78 is 2.64. The Balaban J connectivity index is 1.60. The molecule has 0 spiro atoms. The van der Waals surface area contributed by atoms with E-state index >= 15 is 0 Å². The predicted octanol–water partition coefficient (Wildman–Crippen LogP) is 3.02. The summed E-state index contributed by atoms with van der Waals surface area (Å²) in [6, 6.07) is 17.7. The molecule has 0 unspecified atom stereocenters. The quantitative estimate of drug-likeness (QED) is 0.750. The van der Waals surface area contributed by atoms with Gasteiger partial charge < -0.3 is 5.32 Å². The van der Waals surface area contributed by atoms with Crippen molar-refractivity contribution >= 4 is 21.8 Å². The number of hydrogen-bond donors (Lipinski definition) is 1. The topological polar surface area (TPSA) is 59.8 Å². The molecule has 23 heavy (non-hydrogen) atoms. The van der Waals surface area contributed by atoms with Crippen molar-refractivity contribution in [1.29, 1.82) is 0 Å². The summed E-state index contributed by atoms with van der Waals surface area (Å²) in [5.41, 5.74) is 2.44. The molecule has 0 radical (unpaired) electrons. The summed E-state index contributed by atoms with van der Waals surface area (Å²) in [5.74, 6) is -0.232. The van der Waals surface area contributed by atoms with E-state index in [1.165, 1.54) is 0 Å². The number of rotatable bonds is 5. The lowest BCUT2D eigenvalue weighted by atomic mass is 10.2. The second-order valence-electron chi connectivity index (χ2n) is 5.10. The molecule has 0 aliphatic carbocycles. The highest BCUT2D eigenvalue weighted by atomic mass is 79.9. The van der Waals surface area contributed by atoms with Crippen LogP contribution in [0.15, 0.2) is 65.3 Å². The van der Waals surface area contributed by atoms with E-state index in [1.54, 1.807) is 10.9 Å². The molecule has 3 rings (SSSR count). The third kappa shape index (κ3) is 4.26. The molecule has 3 aromatic rings. The number of hydrogen-bond acceptors (Lipinski definition) is 3. The van der Waals surface area contributed by atoms with E-state index in [-0.39, 0.29) is 5.91 Å². The number of halogens is 1. The molecule has 5 nitrogen and oxygen atoms in total. The zero-order chi connectivity index (χ0) is 16.1. The Bertz CT molecular complexity index is 801. The SMILES string of the molecule is O=C(NCc1cccc(Br)c1)c1cn(Cc2ccccc2)nn1. The summed E-state index contributed by atoms with van der Waals surface area (Å²) >= 11 is 3.41. The van der Waals surface area contributed by atoms with Gasteiger partial charge in [0, 0.05) is 11.0 Å². The largest absolute Gasteiger partial charge is 0.347 e. The Morgan fingerprint density at radius 2 is 1.87 bits per heavy atom. The standard InChI is InChI=1S/C17H15BrN4O/c18-15-8-4-7-14(9-15)10-19-17(23)16-12-22(21-20-16)11-13-5-2-1-3-6-13/h1-9,12H,10-11H2,(H,19,23). The second kappa shape index (κ2) is 7.19. The predicted molar refractivity (Wildman–Crippen MR) is 90.9 cm³/mol. The molecule has 1 aromatic heterocycles.